The number of carboxylic acid groups (broad SMARTS) is 1. The first kappa shape index (κ1) is 10.5. The van der Waals surface area contributed by atoms with Crippen LogP contribution in [0.25, 0.3) is 16.9 Å². The molecule has 5 heteroatoms. The van der Waals surface area contributed by atoms with E-state index in [2.05, 4.69) is 9.97 Å². The Balaban J connectivity index is 2.33. The Hall–Kier alpha value is -2.69. The van der Waals surface area contributed by atoms with Crippen molar-refractivity contribution in [2.45, 2.75) is 0 Å². The number of carbonyl (C=O) groups is 1. The summed E-state index contributed by atoms with van der Waals surface area (Å²) in [6.07, 6.45) is 6.50. The van der Waals surface area contributed by atoms with Gasteiger partial charge in [-0.1, -0.05) is 6.07 Å². The highest BCUT2D eigenvalue weighted by atomic mass is 16.4. The van der Waals surface area contributed by atoms with Crippen molar-refractivity contribution in [3.63, 3.8) is 0 Å². The second-order valence-electron chi connectivity index (χ2n) is 3.79. The first-order valence-electron chi connectivity index (χ1n) is 5.37. The molecule has 5 nitrogen and oxygen atoms in total. The summed E-state index contributed by atoms with van der Waals surface area (Å²) in [6.45, 7) is 0. The molecule has 0 aliphatic heterocycles. The summed E-state index contributed by atoms with van der Waals surface area (Å²) >= 11 is 0. The van der Waals surface area contributed by atoms with Crippen LogP contribution < -0.4 is 0 Å². The largest absolute Gasteiger partial charge is 0.478 e. The monoisotopic (exact) mass is 239 g/mol. The lowest BCUT2D eigenvalue weighted by Crippen LogP contribution is -2.02. The molecule has 18 heavy (non-hydrogen) atoms. The first-order valence-corrected chi connectivity index (χ1v) is 5.37. The number of fused-ring (bicyclic) bond motifs is 1. The first-order chi connectivity index (χ1) is 8.77. The molecule has 0 unspecified atom stereocenters. The number of carboxylic acids is 1. The van der Waals surface area contributed by atoms with Crippen molar-refractivity contribution in [1.82, 2.24) is 14.4 Å². The van der Waals surface area contributed by atoms with Crippen LogP contribution in [-0.4, -0.2) is 25.4 Å². The lowest BCUT2D eigenvalue weighted by molar-refractivity contribution is 0.0697. The second-order valence-corrected chi connectivity index (χ2v) is 3.79. The van der Waals surface area contributed by atoms with Crippen molar-refractivity contribution < 1.29 is 9.90 Å². The summed E-state index contributed by atoms with van der Waals surface area (Å²) in [4.78, 5) is 19.4. The Morgan fingerprint density at radius 2 is 2.11 bits per heavy atom. The van der Waals surface area contributed by atoms with E-state index in [9.17, 15) is 9.90 Å². The number of hydrogen-bond donors (Lipinski definition) is 1. The summed E-state index contributed by atoms with van der Waals surface area (Å²) in [5.74, 6) is -0.968. The molecular weight excluding hydrogens is 230 g/mol. The fourth-order valence-corrected chi connectivity index (χ4v) is 1.95. The molecule has 0 spiro atoms. The normalized spacial score (nSPS) is 10.7. The van der Waals surface area contributed by atoms with E-state index in [1.54, 1.807) is 18.6 Å². The topological polar surface area (TPSA) is 67.5 Å². The zero-order chi connectivity index (χ0) is 12.5. The second kappa shape index (κ2) is 3.96. The predicted molar refractivity (Wildman–Crippen MR) is 65.4 cm³/mol. The quantitative estimate of drug-likeness (QED) is 0.743. The number of aromatic nitrogens is 3. The van der Waals surface area contributed by atoms with Crippen molar-refractivity contribution in [1.29, 1.82) is 0 Å². The van der Waals surface area contributed by atoms with Gasteiger partial charge in [0.25, 0.3) is 0 Å². The summed E-state index contributed by atoms with van der Waals surface area (Å²) in [6, 6.07) is 7.04. The lowest BCUT2D eigenvalue weighted by atomic mass is 10.1. The van der Waals surface area contributed by atoms with E-state index in [0.717, 1.165) is 11.3 Å². The summed E-state index contributed by atoms with van der Waals surface area (Å²) < 4.78 is 1.84. The van der Waals surface area contributed by atoms with Crippen LogP contribution in [0.5, 0.6) is 0 Å². The number of aromatic carboxylic acids is 1. The molecule has 0 saturated heterocycles. The van der Waals surface area contributed by atoms with E-state index >= 15 is 0 Å². The van der Waals surface area contributed by atoms with Gasteiger partial charge in [-0.3, -0.25) is 9.38 Å². The Labute approximate surface area is 102 Å². The van der Waals surface area contributed by atoms with Gasteiger partial charge in [0.05, 0.1) is 11.3 Å². The number of imidazole rings is 1. The van der Waals surface area contributed by atoms with Gasteiger partial charge < -0.3 is 5.11 Å². The fraction of sp³-hybridized carbons (Fsp3) is 0. The minimum absolute atomic E-state index is 0.228. The van der Waals surface area contributed by atoms with Crippen molar-refractivity contribution in [2.24, 2.45) is 0 Å². The van der Waals surface area contributed by atoms with E-state index in [-0.39, 0.29) is 5.56 Å². The van der Waals surface area contributed by atoms with Crippen LogP contribution in [0.15, 0.2) is 49.1 Å². The zero-order valence-electron chi connectivity index (χ0n) is 9.32. The number of hydrogen-bond acceptors (Lipinski definition) is 3. The third-order valence-electron chi connectivity index (χ3n) is 2.76. The van der Waals surface area contributed by atoms with Crippen LogP contribution >= 0.6 is 0 Å². The Bertz CT molecular complexity index is 734. The van der Waals surface area contributed by atoms with Gasteiger partial charge in [-0.2, -0.15) is 0 Å². The molecule has 0 amide bonds. The molecule has 3 aromatic rings. The minimum atomic E-state index is -0.968. The van der Waals surface area contributed by atoms with E-state index in [1.165, 1.54) is 12.3 Å². The minimum Gasteiger partial charge on any atom is -0.478 e. The fourth-order valence-electron chi connectivity index (χ4n) is 1.95. The summed E-state index contributed by atoms with van der Waals surface area (Å²) in [5, 5.41) is 9.20. The number of rotatable bonds is 2. The van der Waals surface area contributed by atoms with Crippen molar-refractivity contribution in [2.75, 3.05) is 0 Å². The van der Waals surface area contributed by atoms with Crippen LogP contribution in [0.3, 0.4) is 0 Å². The molecule has 0 aliphatic carbocycles. The lowest BCUT2D eigenvalue weighted by Gasteiger charge is -2.07. The van der Waals surface area contributed by atoms with E-state index in [1.807, 2.05) is 22.6 Å². The molecule has 0 radical (unpaired) electrons. The average molecular weight is 239 g/mol. The maximum Gasteiger partial charge on any atom is 0.336 e. The summed E-state index contributed by atoms with van der Waals surface area (Å²) in [5.41, 5.74) is 2.34. The highest BCUT2D eigenvalue weighted by Gasteiger charge is 2.13. The van der Waals surface area contributed by atoms with Crippen molar-refractivity contribution >= 4 is 11.6 Å². The SMILES string of the molecule is O=C(O)c1ccncc1-c1cccc2nccn12. The average Bonchev–Trinajstić information content (AvgIpc) is 2.86. The molecule has 0 aliphatic rings. The third kappa shape index (κ3) is 1.53. The molecule has 3 heterocycles. The predicted octanol–water partition coefficient (Wildman–Crippen LogP) is 2.09. The van der Waals surface area contributed by atoms with Gasteiger partial charge in [-0.25, -0.2) is 9.78 Å². The van der Waals surface area contributed by atoms with Crippen LogP contribution in [0.2, 0.25) is 0 Å². The van der Waals surface area contributed by atoms with Gasteiger partial charge in [0.2, 0.25) is 0 Å². The van der Waals surface area contributed by atoms with Gasteiger partial charge in [0.1, 0.15) is 5.65 Å². The van der Waals surface area contributed by atoms with Crippen molar-refractivity contribution in [3.8, 4) is 11.3 Å². The van der Waals surface area contributed by atoms with E-state index in [0.29, 0.717) is 5.56 Å². The van der Waals surface area contributed by atoms with Crippen LogP contribution in [0.1, 0.15) is 10.4 Å². The van der Waals surface area contributed by atoms with Gasteiger partial charge in [-0.05, 0) is 18.2 Å². The van der Waals surface area contributed by atoms with Crippen LogP contribution in [-0.2, 0) is 0 Å². The molecule has 1 N–H and O–H groups in total. The Morgan fingerprint density at radius 3 is 2.94 bits per heavy atom. The third-order valence-corrected chi connectivity index (χ3v) is 2.76. The van der Waals surface area contributed by atoms with Gasteiger partial charge in [0.15, 0.2) is 0 Å². The molecular formula is C13H9N3O2. The van der Waals surface area contributed by atoms with Crippen molar-refractivity contribution in [3.05, 3.63) is 54.6 Å². The molecule has 3 aromatic heterocycles. The van der Waals surface area contributed by atoms with Crippen LogP contribution in [0, 0.1) is 0 Å². The molecule has 0 atom stereocenters. The standard InChI is InChI=1S/C13H9N3O2/c17-13(18)9-4-5-14-8-10(9)11-2-1-3-12-15-6-7-16(11)12/h1-8H,(H,17,18). The molecule has 88 valence electrons. The molecule has 3 rings (SSSR count). The smallest absolute Gasteiger partial charge is 0.336 e. The number of pyridine rings is 2. The van der Waals surface area contributed by atoms with Crippen LogP contribution in [0.4, 0.5) is 0 Å². The van der Waals surface area contributed by atoms with Gasteiger partial charge >= 0.3 is 5.97 Å². The highest BCUT2D eigenvalue weighted by Crippen LogP contribution is 2.23. The molecule has 0 saturated carbocycles. The van der Waals surface area contributed by atoms with Gasteiger partial charge in [-0.15, -0.1) is 0 Å². The summed E-state index contributed by atoms with van der Waals surface area (Å²) in [7, 11) is 0. The maximum atomic E-state index is 11.2. The zero-order valence-corrected chi connectivity index (χ0v) is 9.32. The van der Waals surface area contributed by atoms with E-state index in [4.69, 9.17) is 0 Å². The molecule has 0 aromatic carbocycles. The highest BCUT2D eigenvalue weighted by molar-refractivity contribution is 5.95. The maximum absolute atomic E-state index is 11.2. The Morgan fingerprint density at radius 1 is 1.22 bits per heavy atom. The van der Waals surface area contributed by atoms with E-state index < -0.39 is 5.97 Å². The molecule has 0 bridgehead atoms. The number of nitrogens with zero attached hydrogens (tertiary/aromatic N) is 3. The van der Waals surface area contributed by atoms with Gasteiger partial charge in [0, 0.05) is 30.4 Å². The Kier molecular flexibility index (Phi) is 2.30. The molecule has 0 fully saturated rings.